The van der Waals surface area contributed by atoms with Gasteiger partial charge in [0.2, 0.25) is 0 Å². The smallest absolute Gasteiger partial charge is 0.0195 e. The molecule has 0 aliphatic heterocycles. The van der Waals surface area contributed by atoms with E-state index >= 15 is 0 Å². The van der Waals surface area contributed by atoms with Gasteiger partial charge in [0.05, 0.1) is 0 Å². The molecule has 3 aromatic carbocycles. The van der Waals surface area contributed by atoms with E-state index in [1.165, 1.54) is 16.7 Å². The van der Waals surface area contributed by atoms with E-state index in [1.807, 2.05) is 50.3 Å². The highest BCUT2D eigenvalue weighted by molar-refractivity contribution is 6.17. The second kappa shape index (κ2) is 13.9. The van der Waals surface area contributed by atoms with Crippen LogP contribution in [0.2, 0.25) is 0 Å². The van der Waals surface area contributed by atoms with Gasteiger partial charge in [-0.15, -0.1) is 11.6 Å². The van der Waals surface area contributed by atoms with Gasteiger partial charge in [0.1, 0.15) is 0 Å². The first-order chi connectivity index (χ1) is 15.6. The van der Waals surface area contributed by atoms with Gasteiger partial charge >= 0.3 is 0 Å². The summed E-state index contributed by atoms with van der Waals surface area (Å²) in [6, 6.07) is 27.4. The van der Waals surface area contributed by atoms with Gasteiger partial charge < -0.3 is 0 Å². The third kappa shape index (κ3) is 7.72. The molecule has 0 unspecified atom stereocenters. The summed E-state index contributed by atoms with van der Waals surface area (Å²) < 4.78 is 0. The van der Waals surface area contributed by atoms with Crippen molar-refractivity contribution < 1.29 is 0 Å². The zero-order valence-corrected chi connectivity index (χ0v) is 19.7. The van der Waals surface area contributed by atoms with Crippen LogP contribution in [0.25, 0.3) is 28.3 Å². The Morgan fingerprint density at radius 2 is 1.47 bits per heavy atom. The van der Waals surface area contributed by atoms with Crippen LogP contribution in [-0.4, -0.2) is 5.88 Å². The molecule has 0 aliphatic carbocycles. The van der Waals surface area contributed by atoms with Gasteiger partial charge in [-0.25, -0.2) is 0 Å². The molecule has 162 valence electrons. The van der Waals surface area contributed by atoms with Crippen molar-refractivity contribution in [3.05, 3.63) is 139 Å². The zero-order chi connectivity index (χ0) is 23.2. The van der Waals surface area contributed by atoms with E-state index in [0.29, 0.717) is 0 Å². The van der Waals surface area contributed by atoms with E-state index in [-0.39, 0.29) is 0 Å². The second-order valence-corrected chi connectivity index (χ2v) is 7.58. The van der Waals surface area contributed by atoms with E-state index in [2.05, 4.69) is 92.0 Å². The Kier molecular flexibility index (Phi) is 10.8. The molecule has 0 spiro atoms. The number of hydrogen-bond donors (Lipinski definition) is 0. The minimum atomic E-state index is 0.722. The summed E-state index contributed by atoms with van der Waals surface area (Å²) in [6.45, 7) is 12.1. The maximum Gasteiger partial charge on any atom is 0.0195 e. The predicted octanol–water partition coefficient (Wildman–Crippen LogP) is 9.47. The fraction of sp³-hybridized carbons (Fsp3) is 0.0968. The SMILES string of the molecule is C=C/C(=C\C=C/C)c1cccc(-c2cccc(C(=C)/C=C/c3ccccc3)c2)c1.CCCl. The lowest BCUT2D eigenvalue weighted by atomic mass is 9.96. The lowest BCUT2D eigenvalue weighted by molar-refractivity contribution is 1.51. The molecule has 32 heavy (non-hydrogen) atoms. The largest absolute Gasteiger partial charge is 0.127 e. The van der Waals surface area contributed by atoms with Gasteiger partial charge in [0.15, 0.2) is 0 Å². The molecular formula is C31H31Cl. The first kappa shape index (κ1) is 24.9. The third-order valence-corrected chi connectivity index (χ3v) is 4.73. The molecule has 0 nitrogen and oxygen atoms in total. The molecule has 0 radical (unpaired) electrons. The van der Waals surface area contributed by atoms with Crippen LogP contribution in [0, 0.1) is 0 Å². The van der Waals surface area contributed by atoms with Crippen molar-refractivity contribution in [1.29, 1.82) is 0 Å². The molecule has 0 bridgehead atoms. The van der Waals surface area contributed by atoms with Crippen molar-refractivity contribution in [2.45, 2.75) is 13.8 Å². The molecule has 0 aromatic heterocycles. The number of hydrogen-bond acceptors (Lipinski definition) is 0. The number of benzene rings is 3. The molecule has 0 fully saturated rings. The quantitative estimate of drug-likeness (QED) is 0.254. The Hall–Kier alpha value is -3.35. The molecule has 1 heteroatoms. The number of rotatable bonds is 7. The van der Waals surface area contributed by atoms with Gasteiger partial charge in [-0.2, -0.15) is 0 Å². The van der Waals surface area contributed by atoms with Crippen molar-refractivity contribution in [3.63, 3.8) is 0 Å². The fourth-order valence-corrected chi connectivity index (χ4v) is 3.12. The van der Waals surface area contributed by atoms with Crippen LogP contribution in [0.1, 0.15) is 30.5 Å². The van der Waals surface area contributed by atoms with E-state index in [1.54, 1.807) is 0 Å². The minimum Gasteiger partial charge on any atom is -0.127 e. The summed E-state index contributed by atoms with van der Waals surface area (Å²) in [7, 11) is 0. The molecular weight excluding hydrogens is 408 g/mol. The molecule has 0 saturated carbocycles. The van der Waals surface area contributed by atoms with Crippen LogP contribution in [0.5, 0.6) is 0 Å². The Morgan fingerprint density at radius 3 is 2.06 bits per heavy atom. The Morgan fingerprint density at radius 1 is 0.875 bits per heavy atom. The Balaban J connectivity index is 0.00000114. The average molecular weight is 439 g/mol. The van der Waals surface area contributed by atoms with Crippen LogP contribution < -0.4 is 0 Å². The molecule has 0 saturated heterocycles. The maximum atomic E-state index is 5.00. The molecule has 0 amide bonds. The van der Waals surface area contributed by atoms with E-state index in [9.17, 15) is 0 Å². The highest BCUT2D eigenvalue weighted by Gasteiger charge is 2.04. The van der Waals surface area contributed by atoms with Gasteiger partial charge in [0, 0.05) is 5.88 Å². The van der Waals surface area contributed by atoms with Crippen LogP contribution >= 0.6 is 11.6 Å². The summed E-state index contributed by atoms with van der Waals surface area (Å²) in [5.74, 6) is 0.722. The van der Waals surface area contributed by atoms with E-state index < -0.39 is 0 Å². The first-order valence-electron chi connectivity index (χ1n) is 10.8. The second-order valence-electron chi connectivity index (χ2n) is 7.05. The summed E-state index contributed by atoms with van der Waals surface area (Å²) in [5, 5.41) is 0. The fourth-order valence-electron chi connectivity index (χ4n) is 3.12. The van der Waals surface area contributed by atoms with Crippen LogP contribution in [-0.2, 0) is 0 Å². The van der Waals surface area contributed by atoms with E-state index in [4.69, 9.17) is 11.6 Å². The molecule has 0 atom stereocenters. The van der Waals surface area contributed by atoms with Crippen molar-refractivity contribution in [2.24, 2.45) is 0 Å². The zero-order valence-electron chi connectivity index (χ0n) is 19.0. The van der Waals surface area contributed by atoms with Gasteiger partial charge in [-0.05, 0) is 58.0 Å². The van der Waals surface area contributed by atoms with Crippen LogP contribution in [0.4, 0.5) is 0 Å². The first-order valence-corrected chi connectivity index (χ1v) is 11.3. The third-order valence-electron chi connectivity index (χ3n) is 4.73. The van der Waals surface area contributed by atoms with Crippen LogP contribution in [0.3, 0.4) is 0 Å². The number of allylic oxidation sites excluding steroid dienone is 7. The van der Waals surface area contributed by atoms with Crippen molar-refractivity contribution in [3.8, 4) is 11.1 Å². The lowest BCUT2D eigenvalue weighted by Crippen LogP contribution is -1.86. The lowest BCUT2D eigenvalue weighted by Gasteiger charge is -2.09. The Labute approximate surface area is 198 Å². The molecule has 0 aliphatic rings. The van der Waals surface area contributed by atoms with Crippen molar-refractivity contribution in [2.75, 3.05) is 5.88 Å². The molecule has 0 heterocycles. The van der Waals surface area contributed by atoms with Gasteiger partial charge in [-0.3, -0.25) is 0 Å². The van der Waals surface area contributed by atoms with E-state index in [0.717, 1.165) is 28.2 Å². The summed E-state index contributed by atoms with van der Waals surface area (Å²) >= 11 is 5.00. The highest BCUT2D eigenvalue weighted by Crippen LogP contribution is 2.27. The number of alkyl halides is 1. The standard InChI is InChI=1S/C29H26.C2H5Cl/c1-4-6-14-25(5-2)27-16-11-18-29(22-27)28-17-10-15-26(21-28)23(3)19-20-24-12-8-7-9-13-24;1-2-3/h4-22H,2-3H2,1H3;2H2,1H3/b6-4-,20-19+,25-14+;. The summed E-state index contributed by atoms with van der Waals surface area (Å²) in [5.41, 5.74) is 7.90. The highest BCUT2D eigenvalue weighted by atomic mass is 35.5. The molecule has 3 rings (SSSR count). The van der Waals surface area contributed by atoms with Gasteiger partial charge in [0.25, 0.3) is 0 Å². The van der Waals surface area contributed by atoms with Crippen molar-refractivity contribution >= 4 is 28.8 Å². The van der Waals surface area contributed by atoms with Crippen LogP contribution in [0.15, 0.2) is 122 Å². The van der Waals surface area contributed by atoms with Gasteiger partial charge in [-0.1, -0.05) is 123 Å². The molecule has 3 aromatic rings. The van der Waals surface area contributed by atoms with Crippen molar-refractivity contribution in [1.82, 2.24) is 0 Å². The molecule has 0 N–H and O–H groups in total. The number of halogens is 1. The average Bonchev–Trinajstić information content (AvgIpc) is 2.84. The summed E-state index contributed by atoms with van der Waals surface area (Å²) in [4.78, 5) is 0. The topological polar surface area (TPSA) is 0 Å². The minimum absolute atomic E-state index is 0.722. The monoisotopic (exact) mass is 438 g/mol. The maximum absolute atomic E-state index is 5.00. The summed E-state index contributed by atoms with van der Waals surface area (Å²) in [6.07, 6.45) is 12.2. The normalized spacial score (nSPS) is 11.3. The Bertz CT molecular complexity index is 1100. The predicted molar refractivity (Wildman–Crippen MR) is 146 cm³/mol.